The van der Waals surface area contributed by atoms with E-state index in [2.05, 4.69) is 9.59 Å². The Kier molecular flexibility index (Phi) is 2.82. The SMILES string of the molecule is Cc1ccc(OC(=O)c2nnsc2N)cc1. The predicted octanol–water partition coefficient (Wildman–Crippen LogP) is 1.65. The van der Waals surface area contributed by atoms with Crippen molar-refractivity contribution in [2.24, 2.45) is 0 Å². The molecule has 2 rings (SSSR count). The molecule has 0 saturated heterocycles. The lowest BCUT2D eigenvalue weighted by molar-refractivity contribution is 0.0729. The molecule has 2 aromatic rings. The summed E-state index contributed by atoms with van der Waals surface area (Å²) < 4.78 is 8.64. The number of ether oxygens (including phenoxy) is 1. The molecule has 0 saturated carbocycles. The molecule has 0 radical (unpaired) electrons. The third-order valence-corrected chi connectivity index (χ3v) is 2.49. The molecule has 0 atom stereocenters. The molecule has 2 N–H and O–H groups in total. The lowest BCUT2D eigenvalue weighted by Crippen LogP contribution is -2.10. The number of nitrogens with two attached hydrogens (primary N) is 1. The van der Waals surface area contributed by atoms with Crippen LogP contribution in [0.15, 0.2) is 24.3 Å². The first-order valence-electron chi connectivity index (χ1n) is 4.53. The molecular formula is C10H9N3O2S. The molecule has 0 unspecified atom stereocenters. The Bertz CT molecular complexity index is 507. The summed E-state index contributed by atoms with van der Waals surface area (Å²) in [4.78, 5) is 11.6. The first kappa shape index (κ1) is 10.6. The van der Waals surface area contributed by atoms with E-state index in [1.54, 1.807) is 12.1 Å². The fraction of sp³-hybridized carbons (Fsp3) is 0.100. The average Bonchev–Trinajstić information content (AvgIpc) is 2.68. The van der Waals surface area contributed by atoms with Crippen molar-refractivity contribution in [3.05, 3.63) is 35.5 Å². The second-order valence-electron chi connectivity index (χ2n) is 3.19. The molecule has 0 fully saturated rings. The largest absolute Gasteiger partial charge is 0.422 e. The van der Waals surface area contributed by atoms with Crippen molar-refractivity contribution in [3.8, 4) is 5.75 Å². The van der Waals surface area contributed by atoms with Crippen molar-refractivity contribution < 1.29 is 9.53 Å². The minimum absolute atomic E-state index is 0.0607. The fourth-order valence-electron chi connectivity index (χ4n) is 1.10. The van der Waals surface area contributed by atoms with Crippen LogP contribution < -0.4 is 10.5 Å². The summed E-state index contributed by atoms with van der Waals surface area (Å²) in [5.41, 5.74) is 6.66. The van der Waals surface area contributed by atoms with Crippen LogP contribution >= 0.6 is 11.5 Å². The summed E-state index contributed by atoms with van der Waals surface area (Å²) in [6.45, 7) is 1.95. The molecule has 1 aromatic heterocycles. The number of aromatic nitrogens is 2. The molecule has 0 aliphatic carbocycles. The van der Waals surface area contributed by atoms with Crippen LogP contribution in [0.1, 0.15) is 16.1 Å². The molecule has 0 aliphatic heterocycles. The highest BCUT2D eigenvalue weighted by molar-refractivity contribution is 7.10. The Morgan fingerprint density at radius 2 is 2.06 bits per heavy atom. The van der Waals surface area contributed by atoms with Gasteiger partial charge in [0.15, 0.2) is 0 Å². The van der Waals surface area contributed by atoms with Crippen LogP contribution in [0.4, 0.5) is 5.00 Å². The number of benzene rings is 1. The van der Waals surface area contributed by atoms with Crippen molar-refractivity contribution >= 4 is 22.5 Å². The number of rotatable bonds is 2. The van der Waals surface area contributed by atoms with E-state index in [0.717, 1.165) is 17.1 Å². The number of esters is 1. The highest BCUT2D eigenvalue weighted by atomic mass is 32.1. The summed E-state index contributed by atoms with van der Waals surface area (Å²) in [5.74, 6) is -0.127. The number of anilines is 1. The Morgan fingerprint density at radius 3 is 2.62 bits per heavy atom. The number of hydrogen-bond donors (Lipinski definition) is 1. The van der Waals surface area contributed by atoms with E-state index in [9.17, 15) is 4.79 Å². The van der Waals surface area contributed by atoms with E-state index in [1.165, 1.54) is 0 Å². The predicted molar refractivity (Wildman–Crippen MR) is 60.5 cm³/mol. The van der Waals surface area contributed by atoms with Crippen LogP contribution in [0.2, 0.25) is 0 Å². The number of nitrogen functional groups attached to an aromatic ring is 1. The Labute approximate surface area is 96.0 Å². The highest BCUT2D eigenvalue weighted by Crippen LogP contribution is 2.17. The molecule has 0 amide bonds. The maximum Gasteiger partial charge on any atom is 0.367 e. The number of carbonyl (C=O) groups is 1. The molecule has 0 bridgehead atoms. The molecular weight excluding hydrogens is 226 g/mol. The van der Waals surface area contributed by atoms with Gasteiger partial charge in [-0.15, -0.1) is 5.10 Å². The van der Waals surface area contributed by atoms with Gasteiger partial charge in [0.25, 0.3) is 0 Å². The standard InChI is InChI=1S/C10H9N3O2S/c1-6-2-4-7(5-3-6)15-10(14)8-9(11)16-13-12-8/h2-5H,11H2,1H3. The highest BCUT2D eigenvalue weighted by Gasteiger charge is 2.16. The topological polar surface area (TPSA) is 78.1 Å². The quantitative estimate of drug-likeness (QED) is 0.632. The van der Waals surface area contributed by atoms with Crippen LogP contribution in [0.3, 0.4) is 0 Å². The van der Waals surface area contributed by atoms with Crippen LogP contribution in [-0.2, 0) is 0 Å². The zero-order chi connectivity index (χ0) is 11.5. The number of nitrogens with zero attached hydrogens (tertiary/aromatic N) is 2. The second-order valence-corrected chi connectivity index (χ2v) is 3.97. The smallest absolute Gasteiger partial charge is 0.367 e. The molecule has 1 heterocycles. The van der Waals surface area contributed by atoms with Gasteiger partial charge < -0.3 is 10.5 Å². The molecule has 1 aromatic carbocycles. The molecule has 16 heavy (non-hydrogen) atoms. The number of hydrogen-bond acceptors (Lipinski definition) is 6. The Morgan fingerprint density at radius 1 is 1.38 bits per heavy atom. The summed E-state index contributed by atoms with van der Waals surface area (Å²) >= 11 is 0.962. The van der Waals surface area contributed by atoms with E-state index in [1.807, 2.05) is 19.1 Å². The molecule has 5 nitrogen and oxygen atoms in total. The first-order chi connectivity index (χ1) is 7.66. The Hall–Kier alpha value is -1.95. The molecule has 82 valence electrons. The van der Waals surface area contributed by atoms with Crippen LogP contribution in [0, 0.1) is 6.92 Å². The van der Waals surface area contributed by atoms with Crippen molar-refractivity contribution in [2.75, 3.05) is 5.73 Å². The fourth-order valence-corrected chi connectivity index (χ4v) is 1.52. The summed E-state index contributed by atoms with van der Waals surface area (Å²) in [5, 5.41) is 3.86. The summed E-state index contributed by atoms with van der Waals surface area (Å²) in [6.07, 6.45) is 0. The Balaban J connectivity index is 2.14. The van der Waals surface area contributed by atoms with E-state index in [-0.39, 0.29) is 10.7 Å². The van der Waals surface area contributed by atoms with Gasteiger partial charge in [-0.1, -0.05) is 22.2 Å². The monoisotopic (exact) mass is 235 g/mol. The van der Waals surface area contributed by atoms with Crippen molar-refractivity contribution in [2.45, 2.75) is 6.92 Å². The number of carbonyl (C=O) groups excluding carboxylic acids is 1. The normalized spacial score (nSPS) is 10.1. The zero-order valence-electron chi connectivity index (χ0n) is 8.51. The van der Waals surface area contributed by atoms with Gasteiger partial charge >= 0.3 is 5.97 Å². The lowest BCUT2D eigenvalue weighted by atomic mass is 10.2. The lowest BCUT2D eigenvalue weighted by Gasteiger charge is -2.02. The molecule has 6 heteroatoms. The van der Waals surface area contributed by atoms with Crippen LogP contribution in [0.25, 0.3) is 0 Å². The van der Waals surface area contributed by atoms with Crippen LogP contribution in [-0.4, -0.2) is 15.6 Å². The van der Waals surface area contributed by atoms with Gasteiger partial charge in [0.05, 0.1) is 0 Å². The van der Waals surface area contributed by atoms with Gasteiger partial charge in [-0.3, -0.25) is 0 Å². The van der Waals surface area contributed by atoms with Gasteiger partial charge in [0.2, 0.25) is 5.69 Å². The third kappa shape index (κ3) is 2.17. The minimum atomic E-state index is -0.588. The summed E-state index contributed by atoms with van der Waals surface area (Å²) in [7, 11) is 0. The minimum Gasteiger partial charge on any atom is -0.422 e. The maximum absolute atomic E-state index is 11.6. The van der Waals surface area contributed by atoms with Crippen molar-refractivity contribution in [3.63, 3.8) is 0 Å². The van der Waals surface area contributed by atoms with Gasteiger partial charge in [0.1, 0.15) is 10.8 Å². The van der Waals surface area contributed by atoms with Crippen LogP contribution in [0.5, 0.6) is 5.75 Å². The first-order valence-corrected chi connectivity index (χ1v) is 5.31. The van der Waals surface area contributed by atoms with Crippen molar-refractivity contribution in [1.82, 2.24) is 9.59 Å². The zero-order valence-corrected chi connectivity index (χ0v) is 9.32. The van der Waals surface area contributed by atoms with E-state index < -0.39 is 5.97 Å². The number of aryl methyl sites for hydroxylation is 1. The van der Waals surface area contributed by atoms with Crippen molar-refractivity contribution in [1.29, 1.82) is 0 Å². The third-order valence-electron chi connectivity index (χ3n) is 1.94. The molecule has 0 spiro atoms. The molecule has 0 aliphatic rings. The second kappa shape index (κ2) is 4.28. The van der Waals surface area contributed by atoms with Gasteiger partial charge in [-0.25, -0.2) is 4.79 Å². The van der Waals surface area contributed by atoms with Gasteiger partial charge in [0, 0.05) is 11.5 Å². The van der Waals surface area contributed by atoms with E-state index >= 15 is 0 Å². The van der Waals surface area contributed by atoms with E-state index in [4.69, 9.17) is 10.5 Å². The van der Waals surface area contributed by atoms with E-state index in [0.29, 0.717) is 5.75 Å². The van der Waals surface area contributed by atoms with Gasteiger partial charge in [-0.05, 0) is 19.1 Å². The average molecular weight is 235 g/mol. The van der Waals surface area contributed by atoms with Gasteiger partial charge in [-0.2, -0.15) is 0 Å². The summed E-state index contributed by atoms with van der Waals surface area (Å²) in [6, 6.07) is 7.13. The maximum atomic E-state index is 11.6.